The first kappa shape index (κ1) is 57.6. The summed E-state index contributed by atoms with van der Waals surface area (Å²) in [7, 11) is 0. The Labute approximate surface area is 433 Å². The minimum atomic E-state index is -1.68. The van der Waals surface area contributed by atoms with Crippen LogP contribution in [0.5, 0.6) is 0 Å². The summed E-state index contributed by atoms with van der Waals surface area (Å²) < 4.78 is 46.7. The smallest absolute Gasteiger partial charge is 0.187 e. The first-order valence-electron chi connectivity index (χ1n) is 27.3. The molecule has 0 aromatic rings. The molecule has 9 aliphatic rings. The van der Waals surface area contributed by atoms with E-state index in [-0.39, 0.29) is 58.9 Å². The predicted molar refractivity (Wildman–Crippen MR) is 257 cm³/mol. The van der Waals surface area contributed by atoms with Crippen LogP contribution < -0.4 is 0 Å². The van der Waals surface area contributed by atoms with Crippen molar-refractivity contribution in [2.45, 2.75) is 242 Å². The van der Waals surface area contributed by atoms with E-state index in [0.717, 1.165) is 56.9 Å². The molecule has 74 heavy (non-hydrogen) atoms. The monoisotopic (exact) mass is 1060 g/mol. The van der Waals surface area contributed by atoms with Crippen LogP contribution in [0.25, 0.3) is 0 Å². The van der Waals surface area contributed by atoms with Crippen LogP contribution in [-0.2, 0) is 37.9 Å². The standard InChI is InChI=1S/C53H88O21/c1-23(19-67-46-41(64)38(61)36(59)30(72-46)21-69-45-40(63)34(57)28(56)20-68-45)8-9-27(55)24(2)26-12-14-51(7)32-11-10-31-49(4,5)33(13-15-52(31)22-53(32,52)17-16-50(26,51)6)73-47-43(66)39(62)44(25(3)70-47)74-48-42(65)37(60)35(58)29(18-54)71-48/h8,24-48,54-66H,9-22H2,1-7H3/b23-8-/t24-,25+,26+,27-,28-,29+,30+,31-,32-,33-,34-,35+,36+,37-,38-,39+,40+,41+,42+,43+,44-,45-,46+,47-,48-,50+,51-,52+,53-/m0/s1. The van der Waals surface area contributed by atoms with E-state index in [1.165, 1.54) is 6.42 Å². The molecule has 0 aromatic carbocycles. The molecule has 5 saturated carbocycles. The van der Waals surface area contributed by atoms with Crippen molar-refractivity contribution >= 4 is 0 Å². The summed E-state index contributed by atoms with van der Waals surface area (Å²) in [6.07, 6.45) is -15.9. The van der Waals surface area contributed by atoms with Crippen molar-refractivity contribution in [3.8, 4) is 0 Å². The summed E-state index contributed by atoms with van der Waals surface area (Å²) in [5.41, 5.74) is 1.01. The fraction of sp³-hybridized carbons (Fsp3) is 0.962. The van der Waals surface area contributed by atoms with E-state index in [2.05, 4.69) is 34.6 Å². The Morgan fingerprint density at radius 2 is 1.23 bits per heavy atom. The molecule has 4 aliphatic heterocycles. The molecule has 0 radical (unpaired) electrons. The van der Waals surface area contributed by atoms with E-state index >= 15 is 0 Å². The van der Waals surface area contributed by atoms with Gasteiger partial charge in [0.25, 0.3) is 0 Å². The third-order valence-corrected chi connectivity index (χ3v) is 21.3. The van der Waals surface area contributed by atoms with Gasteiger partial charge in [-0.3, -0.25) is 0 Å². The molecule has 0 unspecified atom stereocenters. The molecule has 13 N–H and O–H groups in total. The summed E-state index contributed by atoms with van der Waals surface area (Å²) in [6, 6.07) is 0. The van der Waals surface area contributed by atoms with Crippen LogP contribution in [0.4, 0.5) is 0 Å². The van der Waals surface area contributed by atoms with Crippen LogP contribution in [0.15, 0.2) is 11.6 Å². The SMILES string of the molecule is C/C(=C/C[C@H](O)[C@@H](C)[C@H]1CC[C@@]2(C)[C@@H]3CC[C@H]4C(C)(C)[C@@H](O[C@@H]5O[C@H](C)[C@H](O[C@@H]6O[C@H](CO)[C@@H](O)[C@H](O)[C@H]6O)[C@H](O)[C@H]5O)CC[C@@]45C[C@@]35CC[C@]12C)CO[C@@H]1O[C@H](CO[C@@H]2OC[C@H](O)[C@H](O)[C@H]2O)[C@@H](O)[C@H](O)[C@H]1O. The molecule has 0 amide bonds. The van der Waals surface area contributed by atoms with Crippen molar-refractivity contribution in [2.75, 3.05) is 26.4 Å². The van der Waals surface area contributed by atoms with Gasteiger partial charge < -0.3 is 104 Å². The maximum Gasteiger partial charge on any atom is 0.187 e. The second-order valence-corrected chi connectivity index (χ2v) is 25.2. The molecule has 5 aliphatic carbocycles. The van der Waals surface area contributed by atoms with Gasteiger partial charge in [-0.05, 0) is 129 Å². The number of hydrogen-bond acceptors (Lipinski definition) is 21. The molecule has 9 rings (SSSR count). The summed E-state index contributed by atoms with van der Waals surface area (Å²) in [5.74, 6) is 1.25. The first-order chi connectivity index (χ1) is 34.8. The lowest BCUT2D eigenvalue weighted by molar-refractivity contribution is -0.363. The highest BCUT2D eigenvalue weighted by atomic mass is 16.7. The van der Waals surface area contributed by atoms with Crippen LogP contribution in [0.2, 0.25) is 0 Å². The second kappa shape index (κ2) is 21.4. The number of hydrogen-bond donors (Lipinski definition) is 13. The molecule has 4 heterocycles. The summed E-state index contributed by atoms with van der Waals surface area (Å²) in [4.78, 5) is 0. The number of aliphatic hydroxyl groups is 13. The Morgan fingerprint density at radius 3 is 1.93 bits per heavy atom. The Kier molecular flexibility index (Phi) is 16.7. The van der Waals surface area contributed by atoms with Crippen molar-refractivity contribution in [2.24, 2.45) is 50.7 Å². The number of ether oxygens (including phenoxy) is 8. The number of rotatable bonds is 15. The Balaban J connectivity index is 0.778. The molecular weight excluding hydrogens is 973 g/mol. The van der Waals surface area contributed by atoms with Gasteiger partial charge in [0.15, 0.2) is 25.2 Å². The molecule has 21 nitrogen and oxygen atoms in total. The average Bonchev–Trinajstić information content (AvgIpc) is 3.95. The third kappa shape index (κ3) is 9.51. The van der Waals surface area contributed by atoms with Gasteiger partial charge >= 0.3 is 0 Å². The largest absolute Gasteiger partial charge is 0.394 e. The summed E-state index contributed by atoms with van der Waals surface area (Å²) >= 11 is 0. The van der Waals surface area contributed by atoms with E-state index in [0.29, 0.717) is 24.2 Å². The Hall–Kier alpha value is -1.10. The van der Waals surface area contributed by atoms with Crippen LogP contribution >= 0.6 is 0 Å². The highest BCUT2D eigenvalue weighted by Crippen LogP contribution is 2.89. The quantitative estimate of drug-likeness (QED) is 0.0696. The average molecular weight is 1060 g/mol. The van der Waals surface area contributed by atoms with Gasteiger partial charge in [0.2, 0.25) is 0 Å². The van der Waals surface area contributed by atoms with Crippen molar-refractivity contribution in [3.63, 3.8) is 0 Å². The van der Waals surface area contributed by atoms with Gasteiger partial charge in [-0.1, -0.05) is 46.3 Å². The first-order valence-corrected chi connectivity index (χ1v) is 27.3. The van der Waals surface area contributed by atoms with Gasteiger partial charge in [-0.2, -0.15) is 0 Å². The second-order valence-electron chi connectivity index (χ2n) is 25.2. The van der Waals surface area contributed by atoms with E-state index in [1.54, 1.807) is 6.92 Å². The molecule has 0 bridgehead atoms. The van der Waals surface area contributed by atoms with Crippen LogP contribution in [0, 0.1) is 50.7 Å². The highest BCUT2D eigenvalue weighted by molar-refractivity contribution is 5.31. The minimum absolute atomic E-state index is 0.00873. The van der Waals surface area contributed by atoms with Crippen LogP contribution in [0.1, 0.15) is 113 Å². The van der Waals surface area contributed by atoms with Gasteiger partial charge in [-0.15, -0.1) is 0 Å². The molecule has 29 atom stereocenters. The van der Waals surface area contributed by atoms with Crippen molar-refractivity contribution in [1.82, 2.24) is 0 Å². The summed E-state index contributed by atoms with van der Waals surface area (Å²) in [6.45, 7) is 13.9. The van der Waals surface area contributed by atoms with E-state index < -0.39 is 129 Å². The zero-order valence-electron chi connectivity index (χ0n) is 44.0. The van der Waals surface area contributed by atoms with Crippen molar-refractivity contribution < 1.29 is 104 Å². The Morgan fingerprint density at radius 1 is 0.622 bits per heavy atom. The zero-order chi connectivity index (χ0) is 53.8. The van der Waals surface area contributed by atoms with Gasteiger partial charge in [0.1, 0.15) is 85.5 Å². The fourth-order valence-electron chi connectivity index (χ4n) is 16.6. The van der Waals surface area contributed by atoms with Gasteiger partial charge in [0.05, 0.1) is 44.7 Å². The summed E-state index contributed by atoms with van der Waals surface area (Å²) in [5, 5.41) is 137. The number of aliphatic hydroxyl groups excluding tert-OH is 13. The predicted octanol–water partition coefficient (Wildman–Crippen LogP) is -0.924. The molecule has 426 valence electrons. The van der Waals surface area contributed by atoms with E-state index in [1.807, 2.05) is 13.0 Å². The Bertz CT molecular complexity index is 1960. The lowest BCUT2D eigenvalue weighted by Crippen LogP contribution is -2.64. The molecule has 9 fully saturated rings. The fourth-order valence-corrected chi connectivity index (χ4v) is 16.6. The topological polar surface area (TPSA) is 337 Å². The van der Waals surface area contributed by atoms with Crippen LogP contribution in [-0.4, -0.2) is 222 Å². The molecule has 2 spiro atoms. The van der Waals surface area contributed by atoms with E-state index in [9.17, 15) is 66.4 Å². The third-order valence-electron chi connectivity index (χ3n) is 21.3. The molecular formula is C53H88O21. The van der Waals surface area contributed by atoms with E-state index in [4.69, 9.17) is 37.9 Å². The van der Waals surface area contributed by atoms with Crippen molar-refractivity contribution in [1.29, 1.82) is 0 Å². The maximum absolute atomic E-state index is 11.8. The molecule has 21 heteroatoms. The molecule has 4 saturated heterocycles. The lowest BCUT2D eigenvalue weighted by Gasteiger charge is -2.63. The zero-order valence-corrected chi connectivity index (χ0v) is 44.0. The lowest BCUT2D eigenvalue weighted by atomic mass is 9.41. The van der Waals surface area contributed by atoms with Crippen molar-refractivity contribution in [3.05, 3.63) is 11.6 Å². The number of fused-ring (bicyclic) bond motifs is 2. The highest BCUT2D eigenvalue weighted by Gasteiger charge is 2.82. The minimum Gasteiger partial charge on any atom is -0.394 e. The maximum atomic E-state index is 11.8. The molecule has 0 aromatic heterocycles. The van der Waals surface area contributed by atoms with Gasteiger partial charge in [-0.25, -0.2) is 0 Å². The van der Waals surface area contributed by atoms with Gasteiger partial charge in [0, 0.05) is 0 Å². The normalized spacial score (nSPS) is 54.1. The van der Waals surface area contributed by atoms with Crippen LogP contribution in [0.3, 0.4) is 0 Å².